The van der Waals surface area contributed by atoms with E-state index >= 15 is 0 Å². The molecule has 2 heterocycles. The van der Waals surface area contributed by atoms with E-state index in [9.17, 15) is 0 Å². The topological polar surface area (TPSA) is 17.0 Å². The van der Waals surface area contributed by atoms with Crippen molar-refractivity contribution in [3.63, 3.8) is 0 Å². The zero-order chi connectivity index (χ0) is 18.5. The van der Waals surface area contributed by atoms with Gasteiger partial charge in [0.05, 0.1) is 0 Å². The number of furan rings is 1. The largest absolute Gasteiger partial charge is 0.456 e. The second kappa shape index (κ2) is 5.95. The Morgan fingerprint density at radius 3 is 2.30 bits per heavy atom. The van der Waals surface area contributed by atoms with Crippen LogP contribution in [0.2, 0.25) is 0 Å². The predicted molar refractivity (Wildman–Crippen MR) is 112 cm³/mol. The molecule has 27 heavy (non-hydrogen) atoms. The van der Waals surface area contributed by atoms with Crippen LogP contribution in [0.3, 0.4) is 0 Å². The molecule has 0 fully saturated rings. The van der Waals surface area contributed by atoms with Crippen LogP contribution < -0.4 is 4.57 Å². The average Bonchev–Trinajstić information content (AvgIpc) is 3.04. The molecular weight excluding hydrogens is 330 g/mol. The van der Waals surface area contributed by atoms with Crippen LogP contribution in [0.1, 0.15) is 18.1 Å². The summed E-state index contributed by atoms with van der Waals surface area (Å²) in [5, 5.41) is 3.67. The maximum Gasteiger partial charge on any atom is 0.213 e. The molecule has 0 radical (unpaired) electrons. The number of aromatic nitrogens is 1. The lowest BCUT2D eigenvalue weighted by molar-refractivity contribution is -0.656. The number of nitrogens with zero attached hydrogens (tertiary/aromatic N) is 1. The van der Waals surface area contributed by atoms with Crippen molar-refractivity contribution in [1.29, 1.82) is 0 Å². The lowest BCUT2D eigenvalue weighted by atomic mass is 9.98. The fraction of sp³-hybridized carbons (Fsp3) is 0.160. The highest BCUT2D eigenvalue weighted by atomic mass is 16.3. The highest BCUT2D eigenvalue weighted by Crippen LogP contribution is 2.34. The fourth-order valence-electron chi connectivity index (χ4n) is 4.25. The van der Waals surface area contributed by atoms with Crippen molar-refractivity contribution in [2.45, 2.75) is 27.3 Å². The first-order valence-corrected chi connectivity index (χ1v) is 9.52. The van der Waals surface area contributed by atoms with Crippen LogP contribution in [0, 0.1) is 13.8 Å². The summed E-state index contributed by atoms with van der Waals surface area (Å²) in [6.45, 7) is 7.52. The van der Waals surface area contributed by atoms with Crippen LogP contribution >= 0.6 is 0 Å². The van der Waals surface area contributed by atoms with E-state index in [1.54, 1.807) is 0 Å². The Balaban J connectivity index is 1.88. The summed E-state index contributed by atoms with van der Waals surface area (Å²) in [6, 6.07) is 23.7. The summed E-state index contributed by atoms with van der Waals surface area (Å²) in [7, 11) is 0. The summed E-state index contributed by atoms with van der Waals surface area (Å²) in [5.41, 5.74) is 8.26. The molecule has 3 aromatic carbocycles. The zero-order valence-electron chi connectivity index (χ0n) is 15.9. The van der Waals surface area contributed by atoms with Gasteiger partial charge in [0.2, 0.25) is 11.2 Å². The van der Waals surface area contributed by atoms with Gasteiger partial charge in [0.15, 0.2) is 0 Å². The number of pyridine rings is 1. The molecule has 0 bridgehead atoms. The van der Waals surface area contributed by atoms with E-state index in [2.05, 4.69) is 79.9 Å². The first kappa shape index (κ1) is 16.1. The van der Waals surface area contributed by atoms with Crippen molar-refractivity contribution in [3.05, 3.63) is 77.9 Å². The average molecular weight is 352 g/mol. The Morgan fingerprint density at radius 1 is 0.741 bits per heavy atom. The van der Waals surface area contributed by atoms with E-state index < -0.39 is 0 Å². The minimum atomic E-state index is 0.930. The van der Waals surface area contributed by atoms with E-state index in [1.807, 2.05) is 12.1 Å². The van der Waals surface area contributed by atoms with Crippen molar-refractivity contribution in [1.82, 2.24) is 0 Å². The zero-order valence-corrected chi connectivity index (χ0v) is 15.9. The number of fused-ring (bicyclic) bond motifs is 4. The Hall–Kier alpha value is -3.13. The summed E-state index contributed by atoms with van der Waals surface area (Å²) in [6.07, 6.45) is 0. The molecule has 0 spiro atoms. The van der Waals surface area contributed by atoms with Gasteiger partial charge in [-0.1, -0.05) is 30.3 Å². The molecule has 5 aromatic rings. The molecule has 0 N–H and O–H groups in total. The van der Waals surface area contributed by atoms with Gasteiger partial charge in [-0.05, 0) is 56.2 Å². The van der Waals surface area contributed by atoms with E-state index in [1.165, 1.54) is 44.1 Å². The molecule has 5 rings (SSSR count). The molecule has 0 saturated carbocycles. The van der Waals surface area contributed by atoms with E-state index in [-0.39, 0.29) is 0 Å². The van der Waals surface area contributed by atoms with Gasteiger partial charge >= 0.3 is 0 Å². The van der Waals surface area contributed by atoms with Crippen LogP contribution in [0.25, 0.3) is 44.1 Å². The molecule has 0 aliphatic rings. The third-order valence-electron chi connectivity index (χ3n) is 5.58. The maximum absolute atomic E-state index is 6.07. The van der Waals surface area contributed by atoms with E-state index in [0.29, 0.717) is 0 Å². The van der Waals surface area contributed by atoms with E-state index in [4.69, 9.17) is 4.42 Å². The van der Waals surface area contributed by atoms with Gasteiger partial charge < -0.3 is 4.42 Å². The predicted octanol–water partition coefficient (Wildman–Crippen LogP) is 6.33. The minimum absolute atomic E-state index is 0.930. The van der Waals surface area contributed by atoms with Gasteiger partial charge in [0.1, 0.15) is 17.7 Å². The van der Waals surface area contributed by atoms with Gasteiger partial charge in [-0.15, -0.1) is 0 Å². The molecule has 2 heteroatoms. The summed E-state index contributed by atoms with van der Waals surface area (Å²) in [4.78, 5) is 0. The van der Waals surface area contributed by atoms with E-state index in [0.717, 1.165) is 17.7 Å². The van der Waals surface area contributed by atoms with Gasteiger partial charge in [-0.2, -0.15) is 4.57 Å². The van der Waals surface area contributed by atoms with Crippen molar-refractivity contribution in [2.75, 3.05) is 0 Å². The first-order chi connectivity index (χ1) is 13.2. The number of para-hydroxylation sites is 2. The first-order valence-electron chi connectivity index (χ1n) is 9.52. The summed E-state index contributed by atoms with van der Waals surface area (Å²) < 4.78 is 8.48. The molecule has 0 amide bonds. The Morgan fingerprint density at radius 2 is 1.48 bits per heavy atom. The van der Waals surface area contributed by atoms with Crippen LogP contribution in [-0.4, -0.2) is 0 Å². The van der Waals surface area contributed by atoms with Crippen LogP contribution in [-0.2, 0) is 6.54 Å². The summed E-state index contributed by atoms with van der Waals surface area (Å²) >= 11 is 0. The number of hydrogen-bond acceptors (Lipinski definition) is 1. The highest BCUT2D eigenvalue weighted by molar-refractivity contribution is 6.06. The standard InChI is InChI=1S/C25H22NO/c1-4-26-22-11-7-5-9-18(22)16(2)13-23(26)20-15-21-19-10-6-8-12-24(19)27-25(21)14-17(20)3/h5-15H,4H2,1-3H3/q+1. The maximum atomic E-state index is 6.07. The van der Waals surface area contributed by atoms with Crippen LogP contribution in [0.5, 0.6) is 0 Å². The normalized spacial score (nSPS) is 11.7. The Kier molecular flexibility index (Phi) is 3.54. The lowest BCUT2D eigenvalue weighted by Gasteiger charge is -2.10. The fourth-order valence-corrected chi connectivity index (χ4v) is 4.25. The van der Waals surface area contributed by atoms with Gasteiger partial charge in [0.25, 0.3) is 0 Å². The minimum Gasteiger partial charge on any atom is -0.456 e. The van der Waals surface area contributed by atoms with Crippen molar-refractivity contribution in [3.8, 4) is 11.3 Å². The quantitative estimate of drug-likeness (QED) is 0.339. The van der Waals surface area contributed by atoms with Gasteiger partial charge in [-0.25, -0.2) is 0 Å². The molecule has 132 valence electrons. The van der Waals surface area contributed by atoms with Crippen molar-refractivity contribution >= 4 is 32.8 Å². The van der Waals surface area contributed by atoms with Crippen molar-refractivity contribution in [2.24, 2.45) is 0 Å². The molecule has 2 nitrogen and oxygen atoms in total. The third-order valence-corrected chi connectivity index (χ3v) is 5.58. The SMILES string of the molecule is CC[n+]1c(-c2cc3c(cc2C)oc2ccccc23)cc(C)c2ccccc21. The van der Waals surface area contributed by atoms with Crippen LogP contribution in [0.15, 0.2) is 71.1 Å². The second-order valence-corrected chi connectivity index (χ2v) is 7.24. The highest BCUT2D eigenvalue weighted by Gasteiger charge is 2.21. The molecule has 0 saturated heterocycles. The monoisotopic (exact) mass is 352 g/mol. The number of benzene rings is 3. The van der Waals surface area contributed by atoms with Gasteiger partial charge in [-0.3, -0.25) is 0 Å². The van der Waals surface area contributed by atoms with Crippen LogP contribution in [0.4, 0.5) is 0 Å². The number of rotatable bonds is 2. The molecule has 0 aliphatic carbocycles. The van der Waals surface area contributed by atoms with Gasteiger partial charge in [0, 0.05) is 33.9 Å². The number of aryl methyl sites for hydroxylation is 3. The molecule has 0 unspecified atom stereocenters. The third kappa shape index (κ3) is 2.37. The number of hydrogen-bond donors (Lipinski definition) is 0. The Labute approximate surface area is 158 Å². The molecule has 2 aromatic heterocycles. The lowest BCUT2D eigenvalue weighted by Crippen LogP contribution is -2.36. The summed E-state index contributed by atoms with van der Waals surface area (Å²) in [5.74, 6) is 0. The molecular formula is C25H22NO+. The Bertz CT molecular complexity index is 1330. The molecule has 0 aliphatic heterocycles. The second-order valence-electron chi connectivity index (χ2n) is 7.24. The van der Waals surface area contributed by atoms with Crippen molar-refractivity contribution < 1.29 is 8.98 Å². The smallest absolute Gasteiger partial charge is 0.213 e. The molecule has 0 atom stereocenters.